The fourth-order valence-corrected chi connectivity index (χ4v) is 1.67. The van der Waals surface area contributed by atoms with Crippen LogP contribution < -0.4 is 0 Å². The monoisotopic (exact) mass is 202 g/mol. The van der Waals surface area contributed by atoms with Gasteiger partial charge in [-0.2, -0.15) is 0 Å². The smallest absolute Gasteiger partial charge is 0.0436 e. The van der Waals surface area contributed by atoms with Crippen LogP contribution in [0.5, 0.6) is 0 Å². The third-order valence-electron chi connectivity index (χ3n) is 2.80. The van der Waals surface area contributed by atoms with Gasteiger partial charge in [0.05, 0.1) is 0 Å². The van der Waals surface area contributed by atoms with E-state index in [0.29, 0.717) is 18.6 Å². The predicted molar refractivity (Wildman–Crippen MR) is 60.3 cm³/mol. The highest BCUT2D eigenvalue weighted by Crippen LogP contribution is 2.27. The van der Waals surface area contributed by atoms with Gasteiger partial charge >= 0.3 is 0 Å². The van der Waals surface area contributed by atoms with E-state index >= 15 is 0 Å². The summed E-state index contributed by atoms with van der Waals surface area (Å²) in [6.07, 6.45) is 7.94. The maximum absolute atomic E-state index is 8.85. The van der Waals surface area contributed by atoms with Crippen molar-refractivity contribution in [3.8, 4) is 0 Å². The molecule has 2 nitrogen and oxygen atoms in total. The van der Waals surface area contributed by atoms with Gasteiger partial charge in [0.15, 0.2) is 0 Å². The summed E-state index contributed by atoms with van der Waals surface area (Å²) in [5.74, 6) is 0. The van der Waals surface area contributed by atoms with Gasteiger partial charge in [-0.1, -0.05) is 39.5 Å². The van der Waals surface area contributed by atoms with E-state index in [9.17, 15) is 0 Å². The van der Waals surface area contributed by atoms with Crippen molar-refractivity contribution in [1.29, 1.82) is 0 Å². The zero-order valence-electron chi connectivity index (χ0n) is 9.76. The van der Waals surface area contributed by atoms with Crippen molar-refractivity contribution < 1.29 is 10.2 Å². The third kappa shape index (κ3) is 8.52. The number of hydrogen-bond acceptors (Lipinski definition) is 2. The molecule has 0 aromatic carbocycles. The molecule has 0 heterocycles. The van der Waals surface area contributed by atoms with Gasteiger partial charge in [-0.25, -0.2) is 0 Å². The first-order chi connectivity index (χ1) is 6.62. The first-order valence-electron chi connectivity index (χ1n) is 5.84. The van der Waals surface area contributed by atoms with E-state index in [1.54, 1.807) is 0 Å². The normalized spacial score (nSPS) is 12.0. The van der Waals surface area contributed by atoms with Gasteiger partial charge in [-0.15, -0.1) is 0 Å². The lowest BCUT2D eigenvalue weighted by Crippen LogP contribution is -2.12. The van der Waals surface area contributed by atoms with E-state index in [1.165, 1.54) is 25.7 Å². The molecule has 2 heteroatoms. The minimum absolute atomic E-state index is 0.297. The molecule has 0 radical (unpaired) electrons. The number of unbranched alkanes of at least 4 members (excludes halogenated alkanes) is 4. The highest BCUT2D eigenvalue weighted by atomic mass is 16.3. The summed E-state index contributed by atoms with van der Waals surface area (Å²) >= 11 is 0. The summed E-state index contributed by atoms with van der Waals surface area (Å²) in [5.41, 5.74) is 0.297. The number of hydrogen-bond donors (Lipinski definition) is 2. The molecule has 0 spiro atoms. The summed E-state index contributed by atoms with van der Waals surface area (Å²) < 4.78 is 0. The summed E-state index contributed by atoms with van der Waals surface area (Å²) in [4.78, 5) is 0. The van der Waals surface area contributed by atoms with Crippen molar-refractivity contribution in [1.82, 2.24) is 0 Å². The Morgan fingerprint density at radius 3 is 1.86 bits per heavy atom. The van der Waals surface area contributed by atoms with Crippen LogP contribution in [-0.2, 0) is 0 Å². The van der Waals surface area contributed by atoms with Crippen molar-refractivity contribution in [2.24, 2.45) is 5.41 Å². The molecule has 0 saturated heterocycles. The Kier molecular flexibility index (Phi) is 8.20. The van der Waals surface area contributed by atoms with Gasteiger partial charge in [0, 0.05) is 13.2 Å². The Morgan fingerprint density at radius 1 is 0.714 bits per heavy atom. The third-order valence-corrected chi connectivity index (χ3v) is 2.80. The quantitative estimate of drug-likeness (QED) is 0.564. The Balaban J connectivity index is 3.26. The molecule has 0 saturated carbocycles. The van der Waals surface area contributed by atoms with Gasteiger partial charge in [-0.3, -0.25) is 0 Å². The van der Waals surface area contributed by atoms with Crippen LogP contribution in [0, 0.1) is 5.41 Å². The molecule has 0 aliphatic heterocycles. The van der Waals surface area contributed by atoms with Crippen LogP contribution in [0.4, 0.5) is 0 Å². The Morgan fingerprint density at radius 2 is 1.29 bits per heavy atom. The second-order valence-electron chi connectivity index (χ2n) is 4.88. The second kappa shape index (κ2) is 8.25. The van der Waals surface area contributed by atoms with Crippen LogP contribution >= 0.6 is 0 Å². The van der Waals surface area contributed by atoms with Gasteiger partial charge < -0.3 is 10.2 Å². The number of aliphatic hydroxyl groups is 2. The molecule has 86 valence electrons. The van der Waals surface area contributed by atoms with Crippen molar-refractivity contribution in [2.75, 3.05) is 13.2 Å². The molecule has 0 aromatic rings. The van der Waals surface area contributed by atoms with E-state index in [4.69, 9.17) is 10.2 Å². The molecule has 0 bridgehead atoms. The summed E-state index contributed by atoms with van der Waals surface area (Å²) in [7, 11) is 0. The summed E-state index contributed by atoms with van der Waals surface area (Å²) in [5, 5.41) is 17.4. The molecule has 0 aliphatic carbocycles. The van der Waals surface area contributed by atoms with Gasteiger partial charge in [0.25, 0.3) is 0 Å². The lowest BCUT2D eigenvalue weighted by molar-refractivity contribution is 0.198. The minimum atomic E-state index is 0.297. The zero-order valence-corrected chi connectivity index (χ0v) is 9.76. The van der Waals surface area contributed by atoms with Crippen LogP contribution in [0.25, 0.3) is 0 Å². The van der Waals surface area contributed by atoms with Crippen LogP contribution in [0.1, 0.15) is 58.8 Å². The fraction of sp³-hybridized carbons (Fsp3) is 1.00. The second-order valence-corrected chi connectivity index (χ2v) is 4.88. The van der Waals surface area contributed by atoms with Gasteiger partial charge in [-0.05, 0) is 24.7 Å². The Hall–Kier alpha value is -0.0800. The van der Waals surface area contributed by atoms with E-state index in [0.717, 1.165) is 19.3 Å². The van der Waals surface area contributed by atoms with Crippen molar-refractivity contribution in [3.05, 3.63) is 0 Å². The largest absolute Gasteiger partial charge is 0.396 e. The summed E-state index contributed by atoms with van der Waals surface area (Å²) in [6.45, 7) is 5.07. The Labute approximate surface area is 88.3 Å². The average molecular weight is 202 g/mol. The van der Waals surface area contributed by atoms with E-state index in [1.807, 2.05) is 0 Å². The first-order valence-corrected chi connectivity index (χ1v) is 5.84. The maximum atomic E-state index is 8.85. The van der Waals surface area contributed by atoms with E-state index < -0.39 is 0 Å². The Bertz CT molecular complexity index is 121. The zero-order chi connectivity index (χ0) is 10.9. The highest BCUT2D eigenvalue weighted by Gasteiger charge is 2.15. The molecule has 0 fully saturated rings. The van der Waals surface area contributed by atoms with Crippen molar-refractivity contribution >= 4 is 0 Å². The molecule has 0 aromatic heterocycles. The number of rotatable bonds is 9. The average Bonchev–Trinajstić information content (AvgIpc) is 2.11. The topological polar surface area (TPSA) is 40.5 Å². The lowest BCUT2D eigenvalue weighted by Gasteiger charge is -2.23. The van der Waals surface area contributed by atoms with Crippen LogP contribution in [0.15, 0.2) is 0 Å². The molecule has 0 aliphatic rings. The molecular weight excluding hydrogens is 176 g/mol. The molecular formula is C12H26O2. The van der Waals surface area contributed by atoms with E-state index in [-0.39, 0.29) is 0 Å². The molecule has 0 amide bonds. The first kappa shape index (κ1) is 13.9. The van der Waals surface area contributed by atoms with Crippen LogP contribution in [-0.4, -0.2) is 23.4 Å². The lowest BCUT2D eigenvalue weighted by atomic mass is 9.84. The number of aliphatic hydroxyl groups excluding tert-OH is 2. The molecule has 2 N–H and O–H groups in total. The SMILES string of the molecule is CC(C)(CCO)CCCCCCCO. The fourth-order valence-electron chi connectivity index (χ4n) is 1.67. The predicted octanol–water partition coefficient (Wildman–Crippen LogP) is 2.73. The van der Waals surface area contributed by atoms with Crippen molar-refractivity contribution in [2.45, 2.75) is 58.8 Å². The van der Waals surface area contributed by atoms with E-state index in [2.05, 4.69) is 13.8 Å². The van der Waals surface area contributed by atoms with Crippen LogP contribution in [0.3, 0.4) is 0 Å². The summed E-state index contributed by atoms with van der Waals surface area (Å²) in [6, 6.07) is 0. The van der Waals surface area contributed by atoms with Crippen molar-refractivity contribution in [3.63, 3.8) is 0 Å². The van der Waals surface area contributed by atoms with Crippen LogP contribution in [0.2, 0.25) is 0 Å². The van der Waals surface area contributed by atoms with Gasteiger partial charge in [0.1, 0.15) is 0 Å². The standard InChI is InChI=1S/C12H26O2/c1-12(2,9-11-14)8-6-4-3-5-7-10-13/h13-14H,3-11H2,1-2H3. The van der Waals surface area contributed by atoms with Gasteiger partial charge in [0.2, 0.25) is 0 Å². The highest BCUT2D eigenvalue weighted by molar-refractivity contribution is 4.67. The maximum Gasteiger partial charge on any atom is 0.0436 e. The molecule has 0 rings (SSSR count). The minimum Gasteiger partial charge on any atom is -0.396 e. The molecule has 0 atom stereocenters. The molecule has 14 heavy (non-hydrogen) atoms. The molecule has 0 unspecified atom stereocenters.